The van der Waals surface area contributed by atoms with E-state index in [2.05, 4.69) is 0 Å². The van der Waals surface area contributed by atoms with Crippen molar-refractivity contribution < 1.29 is 13.9 Å². The highest BCUT2D eigenvalue weighted by Gasteiger charge is 2.31. The van der Waals surface area contributed by atoms with Crippen molar-refractivity contribution >= 4 is 0 Å². The average Bonchev–Trinajstić information content (AvgIpc) is 2.34. The van der Waals surface area contributed by atoms with Gasteiger partial charge >= 0.3 is 0 Å². The van der Waals surface area contributed by atoms with Crippen molar-refractivity contribution in [1.82, 2.24) is 0 Å². The normalized spacial score (nSPS) is 14.2. The zero-order chi connectivity index (χ0) is 15.1. The molecule has 0 fully saturated rings. The van der Waals surface area contributed by atoms with Crippen LogP contribution < -0.4 is 0 Å². The Morgan fingerprint density at radius 3 is 2.00 bits per heavy atom. The smallest absolute Gasteiger partial charge is 0.165 e. The van der Waals surface area contributed by atoms with Crippen molar-refractivity contribution in [2.45, 2.75) is 33.3 Å². The molecule has 0 amide bonds. The van der Waals surface area contributed by atoms with Crippen molar-refractivity contribution in [2.75, 3.05) is 0 Å². The molecule has 1 unspecified atom stereocenters. The molecule has 2 rings (SSSR count). The van der Waals surface area contributed by atoms with E-state index in [-0.39, 0.29) is 11.1 Å². The summed E-state index contributed by atoms with van der Waals surface area (Å²) in [5, 5.41) is 10.7. The van der Waals surface area contributed by atoms with Gasteiger partial charge in [0.05, 0.1) is 0 Å². The third-order valence-corrected chi connectivity index (χ3v) is 3.58. The Kier molecular flexibility index (Phi) is 3.65. The lowest BCUT2D eigenvalue weighted by Crippen LogP contribution is -2.25. The van der Waals surface area contributed by atoms with Gasteiger partial charge in [0.2, 0.25) is 0 Å². The van der Waals surface area contributed by atoms with Gasteiger partial charge in [0.1, 0.15) is 5.60 Å². The highest BCUT2D eigenvalue weighted by Crippen LogP contribution is 2.33. The molecule has 0 aliphatic rings. The third kappa shape index (κ3) is 2.46. The summed E-state index contributed by atoms with van der Waals surface area (Å²) in [4.78, 5) is 0. The van der Waals surface area contributed by atoms with Crippen LogP contribution in [0.1, 0.15) is 34.7 Å². The molecule has 2 aromatic rings. The van der Waals surface area contributed by atoms with Gasteiger partial charge in [0.15, 0.2) is 11.6 Å². The van der Waals surface area contributed by atoms with Gasteiger partial charge in [-0.25, -0.2) is 8.78 Å². The molecular formula is C17H18F2O. The maximum absolute atomic E-state index is 14.1. The first kappa shape index (κ1) is 14.7. The Morgan fingerprint density at radius 1 is 0.900 bits per heavy atom. The summed E-state index contributed by atoms with van der Waals surface area (Å²) in [5.74, 6) is -1.90. The first-order chi connectivity index (χ1) is 9.23. The number of rotatable bonds is 2. The van der Waals surface area contributed by atoms with Gasteiger partial charge in [-0.1, -0.05) is 41.5 Å². The number of halogens is 2. The Bertz CT molecular complexity index is 640. The molecule has 0 bridgehead atoms. The molecule has 0 saturated heterocycles. The van der Waals surface area contributed by atoms with Crippen molar-refractivity contribution in [3.8, 4) is 0 Å². The summed E-state index contributed by atoms with van der Waals surface area (Å²) in [5.41, 5.74) is 1.09. The predicted octanol–water partition coefficient (Wildman–Crippen LogP) is 4.15. The molecule has 1 nitrogen and oxygen atoms in total. The Balaban J connectivity index is 2.63. The molecule has 0 saturated carbocycles. The molecule has 0 aliphatic heterocycles. The number of hydrogen-bond acceptors (Lipinski definition) is 1. The first-order valence-electron chi connectivity index (χ1n) is 6.49. The van der Waals surface area contributed by atoms with Gasteiger partial charge in [-0.15, -0.1) is 0 Å². The Labute approximate surface area is 117 Å². The van der Waals surface area contributed by atoms with E-state index in [0.29, 0.717) is 5.56 Å². The minimum absolute atomic E-state index is 0.0504. The fourth-order valence-corrected chi connectivity index (χ4v) is 2.43. The van der Waals surface area contributed by atoms with E-state index in [4.69, 9.17) is 0 Å². The summed E-state index contributed by atoms with van der Waals surface area (Å²) in [6, 6.07) is 8.44. The van der Waals surface area contributed by atoms with Crippen LogP contribution in [0.4, 0.5) is 8.78 Å². The first-order valence-corrected chi connectivity index (χ1v) is 6.49. The second kappa shape index (κ2) is 4.98. The van der Waals surface area contributed by atoms with Gasteiger partial charge in [-0.05, 0) is 38.8 Å². The van der Waals surface area contributed by atoms with Crippen molar-refractivity contribution in [3.63, 3.8) is 0 Å². The minimum atomic E-state index is -1.57. The summed E-state index contributed by atoms with van der Waals surface area (Å²) < 4.78 is 27.8. The molecular weight excluding hydrogens is 258 g/mol. The van der Waals surface area contributed by atoms with Crippen LogP contribution in [0.5, 0.6) is 0 Å². The summed E-state index contributed by atoms with van der Waals surface area (Å²) in [6.07, 6.45) is 0. The molecule has 0 aromatic heterocycles. The minimum Gasteiger partial charge on any atom is -0.381 e. The summed E-state index contributed by atoms with van der Waals surface area (Å²) >= 11 is 0. The largest absolute Gasteiger partial charge is 0.381 e. The van der Waals surface area contributed by atoms with Crippen molar-refractivity contribution in [3.05, 3.63) is 69.8 Å². The molecule has 0 radical (unpaired) electrons. The van der Waals surface area contributed by atoms with E-state index in [1.54, 1.807) is 12.1 Å². The fraction of sp³-hybridized carbons (Fsp3) is 0.294. The van der Waals surface area contributed by atoms with E-state index >= 15 is 0 Å². The van der Waals surface area contributed by atoms with Crippen LogP contribution >= 0.6 is 0 Å². The maximum atomic E-state index is 14.1. The molecule has 0 heterocycles. The van der Waals surface area contributed by atoms with Gasteiger partial charge < -0.3 is 5.11 Å². The Morgan fingerprint density at radius 2 is 1.45 bits per heavy atom. The topological polar surface area (TPSA) is 20.2 Å². The zero-order valence-corrected chi connectivity index (χ0v) is 12.1. The molecule has 20 heavy (non-hydrogen) atoms. The van der Waals surface area contributed by atoms with Crippen LogP contribution in [-0.2, 0) is 5.60 Å². The zero-order valence-electron chi connectivity index (χ0n) is 12.1. The van der Waals surface area contributed by atoms with Crippen LogP contribution in [-0.4, -0.2) is 5.11 Å². The van der Waals surface area contributed by atoms with Crippen LogP contribution in [0.3, 0.4) is 0 Å². The second-order valence-electron chi connectivity index (χ2n) is 5.51. The van der Waals surface area contributed by atoms with Crippen molar-refractivity contribution in [1.29, 1.82) is 0 Å². The predicted molar refractivity (Wildman–Crippen MR) is 75.7 cm³/mol. The van der Waals surface area contributed by atoms with Gasteiger partial charge in [0, 0.05) is 5.56 Å². The van der Waals surface area contributed by atoms with Crippen LogP contribution in [0, 0.1) is 32.4 Å². The number of benzene rings is 2. The standard InChI is InChI=1S/C17H18F2O/c1-10-7-11(2)9-13(8-10)17(4,20)14-6-5-12(3)15(18)16(14)19/h5-9,20H,1-4H3. The highest BCUT2D eigenvalue weighted by atomic mass is 19.2. The van der Waals surface area contributed by atoms with Gasteiger partial charge in [0.25, 0.3) is 0 Å². The SMILES string of the molecule is Cc1cc(C)cc(C(C)(O)c2ccc(C)c(F)c2F)c1. The van der Waals surface area contributed by atoms with E-state index < -0.39 is 17.2 Å². The maximum Gasteiger partial charge on any atom is 0.165 e. The Hall–Kier alpha value is -1.74. The van der Waals surface area contributed by atoms with Crippen molar-refractivity contribution in [2.24, 2.45) is 0 Å². The molecule has 0 spiro atoms. The van der Waals surface area contributed by atoms with Crippen LogP contribution in [0.25, 0.3) is 0 Å². The van der Waals surface area contributed by atoms with Crippen LogP contribution in [0.15, 0.2) is 30.3 Å². The molecule has 2 aromatic carbocycles. The quantitative estimate of drug-likeness (QED) is 0.873. The summed E-state index contributed by atoms with van der Waals surface area (Å²) in [7, 11) is 0. The highest BCUT2D eigenvalue weighted by molar-refractivity contribution is 5.41. The number of aryl methyl sites for hydroxylation is 3. The lowest BCUT2D eigenvalue weighted by molar-refractivity contribution is 0.0968. The molecule has 3 heteroatoms. The lowest BCUT2D eigenvalue weighted by atomic mass is 9.85. The molecule has 106 valence electrons. The summed E-state index contributed by atoms with van der Waals surface area (Å²) in [6.45, 7) is 6.78. The third-order valence-electron chi connectivity index (χ3n) is 3.58. The van der Waals surface area contributed by atoms with E-state index in [1.807, 2.05) is 19.9 Å². The number of aliphatic hydroxyl groups is 1. The molecule has 1 N–H and O–H groups in total. The van der Waals surface area contributed by atoms with Gasteiger partial charge in [-0.3, -0.25) is 0 Å². The monoisotopic (exact) mass is 276 g/mol. The van der Waals surface area contributed by atoms with E-state index in [0.717, 1.165) is 11.1 Å². The molecule has 1 atom stereocenters. The number of hydrogen-bond donors (Lipinski definition) is 1. The van der Waals surface area contributed by atoms with Crippen LogP contribution in [0.2, 0.25) is 0 Å². The molecule has 0 aliphatic carbocycles. The second-order valence-corrected chi connectivity index (χ2v) is 5.51. The van der Waals surface area contributed by atoms with E-state index in [1.165, 1.54) is 26.0 Å². The fourth-order valence-electron chi connectivity index (χ4n) is 2.43. The average molecular weight is 276 g/mol. The lowest BCUT2D eigenvalue weighted by Gasteiger charge is -2.26. The van der Waals surface area contributed by atoms with E-state index in [9.17, 15) is 13.9 Å². The van der Waals surface area contributed by atoms with Gasteiger partial charge in [-0.2, -0.15) is 0 Å².